The lowest BCUT2D eigenvalue weighted by atomic mass is 10.0. The maximum Gasteiger partial charge on any atom is 0.155 e. The molecular formula is C24H19F3N4. The number of hydrogen-bond donors (Lipinski definition) is 2. The smallest absolute Gasteiger partial charge is 0.155 e. The molecule has 1 atom stereocenters. The summed E-state index contributed by atoms with van der Waals surface area (Å²) in [6, 6.07) is 14.7. The molecule has 0 aliphatic heterocycles. The van der Waals surface area contributed by atoms with Crippen LogP contribution in [0, 0.1) is 17.5 Å². The van der Waals surface area contributed by atoms with Crippen molar-refractivity contribution in [3.05, 3.63) is 95.1 Å². The van der Waals surface area contributed by atoms with Crippen molar-refractivity contribution in [2.45, 2.75) is 25.4 Å². The molecule has 1 unspecified atom stereocenters. The van der Waals surface area contributed by atoms with E-state index >= 15 is 0 Å². The van der Waals surface area contributed by atoms with Gasteiger partial charge < -0.3 is 5.32 Å². The van der Waals surface area contributed by atoms with Crippen LogP contribution in [-0.4, -0.2) is 21.2 Å². The topological polar surface area (TPSA) is 53.6 Å². The maximum absolute atomic E-state index is 14.8. The van der Waals surface area contributed by atoms with Crippen LogP contribution in [0.25, 0.3) is 22.5 Å². The summed E-state index contributed by atoms with van der Waals surface area (Å²) in [4.78, 5) is 4.11. The largest absolute Gasteiger partial charge is 0.309 e. The number of rotatable bonds is 5. The number of nitrogens with zero attached hydrogens (tertiary/aromatic N) is 2. The van der Waals surface area contributed by atoms with Crippen molar-refractivity contribution >= 4 is 0 Å². The third-order valence-corrected chi connectivity index (χ3v) is 5.69. The molecular weight excluding hydrogens is 401 g/mol. The first-order chi connectivity index (χ1) is 15.1. The van der Waals surface area contributed by atoms with Gasteiger partial charge in [0.25, 0.3) is 0 Å². The quantitative estimate of drug-likeness (QED) is 0.487. The fourth-order valence-electron chi connectivity index (χ4n) is 4.11. The van der Waals surface area contributed by atoms with Gasteiger partial charge in [0.2, 0.25) is 0 Å². The van der Waals surface area contributed by atoms with Crippen LogP contribution in [0.15, 0.2) is 60.9 Å². The molecule has 2 N–H and O–H groups in total. The van der Waals surface area contributed by atoms with E-state index < -0.39 is 11.6 Å². The van der Waals surface area contributed by atoms with E-state index in [1.54, 1.807) is 18.2 Å². The number of benzene rings is 3. The Bertz CT molecular complexity index is 1210. The summed E-state index contributed by atoms with van der Waals surface area (Å²) < 4.78 is 43.0. The minimum absolute atomic E-state index is 0.00252. The Kier molecular flexibility index (Phi) is 5.03. The maximum atomic E-state index is 14.8. The fourth-order valence-corrected chi connectivity index (χ4v) is 4.11. The molecule has 156 valence electrons. The third-order valence-electron chi connectivity index (χ3n) is 5.69. The molecule has 0 saturated heterocycles. The minimum Gasteiger partial charge on any atom is -0.309 e. The normalized spacial score (nSPS) is 15.3. The van der Waals surface area contributed by atoms with Crippen molar-refractivity contribution in [2.24, 2.45) is 0 Å². The van der Waals surface area contributed by atoms with Crippen LogP contribution in [0.5, 0.6) is 0 Å². The second kappa shape index (κ2) is 8.00. The van der Waals surface area contributed by atoms with Gasteiger partial charge in [0, 0.05) is 23.7 Å². The van der Waals surface area contributed by atoms with Crippen LogP contribution in [0.1, 0.15) is 16.7 Å². The number of H-pyrrole nitrogens is 1. The molecule has 0 bridgehead atoms. The van der Waals surface area contributed by atoms with E-state index in [9.17, 15) is 13.2 Å². The Labute approximate surface area is 177 Å². The number of halogens is 3. The lowest BCUT2D eigenvalue weighted by Gasteiger charge is -2.14. The molecule has 1 heterocycles. The zero-order chi connectivity index (χ0) is 21.4. The molecule has 0 saturated carbocycles. The van der Waals surface area contributed by atoms with Crippen LogP contribution < -0.4 is 5.32 Å². The van der Waals surface area contributed by atoms with Gasteiger partial charge in [0.15, 0.2) is 5.82 Å². The Hall–Kier alpha value is -3.45. The van der Waals surface area contributed by atoms with E-state index in [1.807, 2.05) is 12.1 Å². The molecule has 1 aliphatic rings. The number of aromatic amines is 1. The molecule has 4 aromatic rings. The summed E-state index contributed by atoms with van der Waals surface area (Å²) >= 11 is 0. The second-order valence-electron chi connectivity index (χ2n) is 7.73. The average molecular weight is 420 g/mol. The highest BCUT2D eigenvalue weighted by Gasteiger charge is 2.22. The first-order valence-electron chi connectivity index (χ1n) is 10.0. The van der Waals surface area contributed by atoms with Crippen molar-refractivity contribution in [1.82, 2.24) is 20.5 Å². The fraction of sp³-hybridized carbons (Fsp3) is 0.167. The molecule has 0 fully saturated rings. The van der Waals surface area contributed by atoms with E-state index in [4.69, 9.17) is 0 Å². The molecule has 31 heavy (non-hydrogen) atoms. The summed E-state index contributed by atoms with van der Waals surface area (Å²) in [6.45, 7) is 0.0667. The SMILES string of the molecule is Fc1ccc2c(c1)CC(NCc1c(F)cc(-c3cccc(-c4ncn[nH]4)c3)cc1F)C2. The van der Waals surface area contributed by atoms with Crippen molar-refractivity contribution in [3.63, 3.8) is 0 Å². The highest BCUT2D eigenvalue weighted by Crippen LogP contribution is 2.28. The van der Waals surface area contributed by atoms with Gasteiger partial charge in [0.1, 0.15) is 23.8 Å². The van der Waals surface area contributed by atoms with Gasteiger partial charge in [-0.25, -0.2) is 18.2 Å². The van der Waals surface area contributed by atoms with Gasteiger partial charge in [-0.1, -0.05) is 24.3 Å². The molecule has 0 radical (unpaired) electrons. The van der Waals surface area contributed by atoms with E-state index in [0.717, 1.165) is 16.7 Å². The highest BCUT2D eigenvalue weighted by molar-refractivity contribution is 5.70. The summed E-state index contributed by atoms with van der Waals surface area (Å²) in [5, 5.41) is 9.82. The predicted octanol–water partition coefficient (Wildman–Crippen LogP) is 4.81. The summed E-state index contributed by atoms with van der Waals surface area (Å²) in [7, 11) is 0. The van der Waals surface area contributed by atoms with Crippen LogP contribution in [0.3, 0.4) is 0 Å². The van der Waals surface area contributed by atoms with Crippen LogP contribution >= 0.6 is 0 Å². The summed E-state index contributed by atoms with van der Waals surface area (Å²) in [5.41, 5.74) is 3.92. The van der Waals surface area contributed by atoms with Gasteiger partial charge in [-0.3, -0.25) is 5.10 Å². The molecule has 0 spiro atoms. The van der Waals surface area contributed by atoms with E-state index in [2.05, 4.69) is 20.5 Å². The third kappa shape index (κ3) is 3.96. The lowest BCUT2D eigenvalue weighted by molar-refractivity contribution is 0.492. The average Bonchev–Trinajstić information content (AvgIpc) is 3.42. The number of hydrogen-bond acceptors (Lipinski definition) is 3. The first kappa shape index (κ1) is 19.5. The zero-order valence-corrected chi connectivity index (χ0v) is 16.5. The summed E-state index contributed by atoms with van der Waals surface area (Å²) in [5.74, 6) is -0.885. The van der Waals surface area contributed by atoms with Crippen LogP contribution in [0.4, 0.5) is 13.2 Å². The predicted molar refractivity (Wildman–Crippen MR) is 112 cm³/mol. The molecule has 1 aromatic heterocycles. The van der Waals surface area contributed by atoms with E-state index in [-0.39, 0.29) is 24.0 Å². The zero-order valence-electron chi connectivity index (χ0n) is 16.5. The molecule has 5 rings (SSSR count). The number of nitrogens with one attached hydrogen (secondary N) is 2. The van der Waals surface area contributed by atoms with E-state index in [1.165, 1.54) is 30.6 Å². The standard InChI is InChI=1S/C24H19F3N4/c25-19-5-4-15-8-20(9-17(15)7-19)28-12-21-22(26)10-18(11-23(21)27)14-2-1-3-16(6-14)24-29-13-30-31-24/h1-7,10-11,13,20,28H,8-9,12H2,(H,29,30,31). The van der Waals surface area contributed by atoms with Crippen molar-refractivity contribution in [1.29, 1.82) is 0 Å². The van der Waals surface area contributed by atoms with Crippen LogP contribution in [-0.2, 0) is 19.4 Å². The Balaban J connectivity index is 1.33. The first-order valence-corrected chi connectivity index (χ1v) is 10.0. The molecule has 1 aliphatic carbocycles. The second-order valence-corrected chi connectivity index (χ2v) is 7.73. The highest BCUT2D eigenvalue weighted by atomic mass is 19.1. The number of fused-ring (bicyclic) bond motifs is 1. The lowest BCUT2D eigenvalue weighted by Crippen LogP contribution is -2.29. The molecule has 0 amide bonds. The Morgan fingerprint density at radius 2 is 1.65 bits per heavy atom. The summed E-state index contributed by atoms with van der Waals surface area (Å²) in [6.07, 6.45) is 2.76. The molecule has 7 heteroatoms. The molecule has 3 aromatic carbocycles. The Morgan fingerprint density at radius 3 is 2.42 bits per heavy atom. The monoisotopic (exact) mass is 420 g/mol. The van der Waals surface area contributed by atoms with Gasteiger partial charge in [-0.05, 0) is 65.4 Å². The van der Waals surface area contributed by atoms with E-state index in [0.29, 0.717) is 29.8 Å². The van der Waals surface area contributed by atoms with Crippen molar-refractivity contribution < 1.29 is 13.2 Å². The van der Waals surface area contributed by atoms with Gasteiger partial charge in [-0.2, -0.15) is 5.10 Å². The van der Waals surface area contributed by atoms with Crippen molar-refractivity contribution in [3.8, 4) is 22.5 Å². The van der Waals surface area contributed by atoms with Gasteiger partial charge in [-0.15, -0.1) is 0 Å². The van der Waals surface area contributed by atoms with Gasteiger partial charge >= 0.3 is 0 Å². The van der Waals surface area contributed by atoms with Crippen LogP contribution in [0.2, 0.25) is 0 Å². The Morgan fingerprint density at radius 1 is 0.871 bits per heavy atom. The van der Waals surface area contributed by atoms with Crippen molar-refractivity contribution in [2.75, 3.05) is 0 Å². The van der Waals surface area contributed by atoms with Gasteiger partial charge in [0.05, 0.1) is 0 Å². The molecule has 4 nitrogen and oxygen atoms in total. The number of aromatic nitrogens is 3. The minimum atomic E-state index is -0.603.